The molecule has 1 fully saturated rings. The van der Waals surface area contributed by atoms with Gasteiger partial charge in [-0.25, -0.2) is 0 Å². The molecule has 0 radical (unpaired) electrons. The van der Waals surface area contributed by atoms with Crippen molar-refractivity contribution >= 4 is 5.91 Å². The van der Waals surface area contributed by atoms with E-state index in [1.165, 1.54) is 5.56 Å². The summed E-state index contributed by atoms with van der Waals surface area (Å²) in [6.07, 6.45) is 3.14. The normalized spacial score (nSPS) is 23.2. The van der Waals surface area contributed by atoms with Crippen molar-refractivity contribution in [3.8, 4) is 5.75 Å². The number of hydrogen-bond acceptors (Lipinski definition) is 3. The number of carbonyl (C=O) groups excluding carboxylic acids is 1. The van der Waals surface area contributed by atoms with E-state index in [0.29, 0.717) is 13.0 Å². The van der Waals surface area contributed by atoms with Gasteiger partial charge in [-0.05, 0) is 43.9 Å². The first-order valence-corrected chi connectivity index (χ1v) is 7.70. The van der Waals surface area contributed by atoms with Crippen molar-refractivity contribution in [2.24, 2.45) is 0 Å². The van der Waals surface area contributed by atoms with Crippen LogP contribution in [0, 0.1) is 0 Å². The molecule has 1 atom stereocenters. The van der Waals surface area contributed by atoms with Gasteiger partial charge in [0.15, 0.2) is 0 Å². The highest BCUT2D eigenvalue weighted by molar-refractivity contribution is 5.79. The molecule has 1 saturated heterocycles. The first-order chi connectivity index (χ1) is 10.0. The van der Waals surface area contributed by atoms with Crippen molar-refractivity contribution in [3.05, 3.63) is 29.3 Å². The van der Waals surface area contributed by atoms with Crippen LogP contribution in [-0.2, 0) is 22.4 Å². The standard InChI is InChI=1S/C17H23NO3/c1-17(2)11-14(6-8-21-17)18-16(19)10-12-3-4-13-5-7-20-15(13)9-12/h3-4,9,14H,5-8,10-11H2,1-2H3,(H,18,19). The highest BCUT2D eigenvalue weighted by Gasteiger charge is 2.29. The van der Waals surface area contributed by atoms with Gasteiger partial charge in [0, 0.05) is 19.1 Å². The zero-order valence-corrected chi connectivity index (χ0v) is 12.8. The number of carbonyl (C=O) groups is 1. The van der Waals surface area contributed by atoms with Crippen molar-refractivity contribution in [2.45, 2.75) is 51.2 Å². The minimum Gasteiger partial charge on any atom is -0.493 e. The monoisotopic (exact) mass is 289 g/mol. The fourth-order valence-corrected chi connectivity index (χ4v) is 3.14. The zero-order valence-electron chi connectivity index (χ0n) is 12.8. The van der Waals surface area contributed by atoms with Crippen LogP contribution in [0.2, 0.25) is 0 Å². The molecule has 0 saturated carbocycles. The van der Waals surface area contributed by atoms with Gasteiger partial charge in [-0.3, -0.25) is 4.79 Å². The smallest absolute Gasteiger partial charge is 0.224 e. The van der Waals surface area contributed by atoms with Gasteiger partial charge in [-0.15, -0.1) is 0 Å². The predicted octanol–water partition coefficient (Wildman–Crippen LogP) is 2.24. The van der Waals surface area contributed by atoms with Crippen LogP contribution in [0.15, 0.2) is 18.2 Å². The molecule has 2 heterocycles. The van der Waals surface area contributed by atoms with Crippen LogP contribution in [0.4, 0.5) is 0 Å². The lowest BCUT2D eigenvalue weighted by molar-refractivity contribution is -0.123. The Kier molecular flexibility index (Phi) is 3.89. The second-order valence-electron chi connectivity index (χ2n) is 6.58. The van der Waals surface area contributed by atoms with Crippen LogP contribution in [0.1, 0.15) is 37.8 Å². The minimum atomic E-state index is -0.141. The Balaban J connectivity index is 1.57. The minimum absolute atomic E-state index is 0.0793. The van der Waals surface area contributed by atoms with Gasteiger partial charge >= 0.3 is 0 Å². The molecular weight excluding hydrogens is 266 g/mol. The van der Waals surface area contributed by atoms with Crippen molar-refractivity contribution in [3.63, 3.8) is 0 Å². The molecule has 2 aliphatic heterocycles. The maximum absolute atomic E-state index is 12.2. The van der Waals surface area contributed by atoms with E-state index in [1.807, 2.05) is 12.1 Å². The van der Waals surface area contributed by atoms with Crippen molar-refractivity contribution in [2.75, 3.05) is 13.2 Å². The number of nitrogens with one attached hydrogen (secondary N) is 1. The fraction of sp³-hybridized carbons (Fsp3) is 0.588. The number of hydrogen-bond donors (Lipinski definition) is 1. The van der Waals surface area contributed by atoms with E-state index in [-0.39, 0.29) is 17.6 Å². The van der Waals surface area contributed by atoms with Gasteiger partial charge in [0.1, 0.15) is 5.75 Å². The molecule has 1 amide bonds. The number of benzene rings is 1. The molecule has 4 heteroatoms. The van der Waals surface area contributed by atoms with Gasteiger partial charge in [-0.1, -0.05) is 12.1 Å². The summed E-state index contributed by atoms with van der Waals surface area (Å²) >= 11 is 0. The number of fused-ring (bicyclic) bond motifs is 1. The highest BCUT2D eigenvalue weighted by Crippen LogP contribution is 2.27. The summed E-state index contributed by atoms with van der Waals surface area (Å²) in [7, 11) is 0. The van der Waals surface area contributed by atoms with Crippen molar-refractivity contribution in [1.29, 1.82) is 0 Å². The molecule has 1 aromatic carbocycles. The Hall–Kier alpha value is -1.55. The molecule has 0 aromatic heterocycles. The second-order valence-corrected chi connectivity index (χ2v) is 6.58. The van der Waals surface area contributed by atoms with Gasteiger partial charge < -0.3 is 14.8 Å². The maximum atomic E-state index is 12.2. The van der Waals surface area contributed by atoms with Gasteiger partial charge in [0.25, 0.3) is 0 Å². The SMILES string of the molecule is CC1(C)CC(NC(=O)Cc2ccc3c(c2)OCC3)CCO1. The lowest BCUT2D eigenvalue weighted by Gasteiger charge is -2.35. The largest absolute Gasteiger partial charge is 0.493 e. The molecule has 1 aromatic rings. The Labute approximate surface area is 125 Å². The fourth-order valence-electron chi connectivity index (χ4n) is 3.14. The molecule has 0 aliphatic carbocycles. The van der Waals surface area contributed by atoms with Crippen LogP contribution in [0.5, 0.6) is 5.75 Å². The van der Waals surface area contributed by atoms with Crippen LogP contribution >= 0.6 is 0 Å². The highest BCUT2D eigenvalue weighted by atomic mass is 16.5. The number of amides is 1. The Morgan fingerprint density at radius 1 is 1.38 bits per heavy atom. The van der Waals surface area contributed by atoms with Crippen molar-refractivity contribution < 1.29 is 14.3 Å². The first-order valence-electron chi connectivity index (χ1n) is 7.70. The summed E-state index contributed by atoms with van der Waals surface area (Å²) in [5.41, 5.74) is 2.11. The summed E-state index contributed by atoms with van der Waals surface area (Å²) < 4.78 is 11.2. The van der Waals surface area contributed by atoms with Crippen LogP contribution < -0.4 is 10.1 Å². The molecule has 0 bridgehead atoms. The average Bonchev–Trinajstić information content (AvgIpc) is 2.84. The van der Waals surface area contributed by atoms with E-state index in [1.54, 1.807) is 0 Å². The predicted molar refractivity (Wildman–Crippen MR) is 80.5 cm³/mol. The van der Waals surface area contributed by atoms with E-state index < -0.39 is 0 Å². The lowest BCUT2D eigenvalue weighted by atomic mass is 9.94. The summed E-state index contributed by atoms with van der Waals surface area (Å²) in [5, 5.41) is 3.13. The van der Waals surface area contributed by atoms with E-state index in [2.05, 4.69) is 25.2 Å². The lowest BCUT2D eigenvalue weighted by Crippen LogP contribution is -2.46. The summed E-state index contributed by atoms with van der Waals surface area (Å²) in [4.78, 5) is 12.2. The van der Waals surface area contributed by atoms with E-state index >= 15 is 0 Å². The Bertz CT molecular complexity index is 539. The van der Waals surface area contributed by atoms with Crippen LogP contribution in [0.3, 0.4) is 0 Å². The second kappa shape index (κ2) is 5.68. The molecule has 4 nitrogen and oxygen atoms in total. The van der Waals surface area contributed by atoms with Gasteiger partial charge in [-0.2, -0.15) is 0 Å². The summed E-state index contributed by atoms with van der Waals surface area (Å²) in [5.74, 6) is 1.02. The summed E-state index contributed by atoms with van der Waals surface area (Å²) in [6, 6.07) is 6.31. The number of rotatable bonds is 3. The third-order valence-corrected chi connectivity index (χ3v) is 4.19. The Morgan fingerprint density at radius 2 is 2.24 bits per heavy atom. The van der Waals surface area contributed by atoms with E-state index in [0.717, 1.165) is 37.2 Å². The molecule has 21 heavy (non-hydrogen) atoms. The molecule has 0 spiro atoms. The van der Waals surface area contributed by atoms with E-state index in [9.17, 15) is 4.79 Å². The molecule has 3 rings (SSSR count). The zero-order chi connectivity index (χ0) is 14.9. The Morgan fingerprint density at radius 3 is 3.05 bits per heavy atom. The van der Waals surface area contributed by atoms with Crippen molar-refractivity contribution in [1.82, 2.24) is 5.32 Å². The molecule has 1 N–H and O–H groups in total. The summed E-state index contributed by atoms with van der Waals surface area (Å²) in [6.45, 7) is 5.61. The maximum Gasteiger partial charge on any atom is 0.224 e. The third-order valence-electron chi connectivity index (χ3n) is 4.19. The van der Waals surface area contributed by atoms with Crippen LogP contribution in [0.25, 0.3) is 0 Å². The topological polar surface area (TPSA) is 47.6 Å². The molecule has 1 unspecified atom stereocenters. The average molecular weight is 289 g/mol. The van der Waals surface area contributed by atoms with E-state index in [4.69, 9.17) is 9.47 Å². The van der Waals surface area contributed by atoms with Gasteiger partial charge in [0.05, 0.1) is 18.6 Å². The first kappa shape index (κ1) is 14.4. The number of ether oxygens (including phenoxy) is 2. The quantitative estimate of drug-likeness (QED) is 0.928. The van der Waals surface area contributed by atoms with Crippen LogP contribution in [-0.4, -0.2) is 30.8 Å². The molecule has 2 aliphatic rings. The molecule has 114 valence electrons. The molecular formula is C17H23NO3. The van der Waals surface area contributed by atoms with Gasteiger partial charge in [0.2, 0.25) is 5.91 Å². The third kappa shape index (κ3) is 3.56.